The van der Waals surface area contributed by atoms with Gasteiger partial charge in [-0.2, -0.15) is 0 Å². The Balaban J connectivity index is 4.25. The third kappa shape index (κ3) is 5.70. The van der Waals surface area contributed by atoms with Gasteiger partial charge in [0.1, 0.15) is 0 Å². The first-order chi connectivity index (χ1) is 7.67. The van der Waals surface area contributed by atoms with Crippen molar-refractivity contribution in [2.75, 3.05) is 19.8 Å². The SMILES string of the molecule is CCCCNC(C(=O)OCC)C(=O)OCC. The van der Waals surface area contributed by atoms with E-state index in [0.29, 0.717) is 6.54 Å². The van der Waals surface area contributed by atoms with E-state index in [9.17, 15) is 9.59 Å². The van der Waals surface area contributed by atoms with Gasteiger partial charge in [0.15, 0.2) is 0 Å². The van der Waals surface area contributed by atoms with Crippen LogP contribution in [0.3, 0.4) is 0 Å². The zero-order valence-corrected chi connectivity index (χ0v) is 10.2. The second-order valence-electron chi connectivity index (χ2n) is 3.24. The highest BCUT2D eigenvalue weighted by atomic mass is 16.6. The average molecular weight is 231 g/mol. The lowest BCUT2D eigenvalue weighted by molar-refractivity contribution is -0.157. The Morgan fingerprint density at radius 3 is 1.94 bits per heavy atom. The minimum atomic E-state index is -0.994. The lowest BCUT2D eigenvalue weighted by Crippen LogP contribution is -2.45. The van der Waals surface area contributed by atoms with Crippen LogP contribution in [0.25, 0.3) is 0 Å². The fraction of sp³-hybridized carbons (Fsp3) is 0.818. The molecule has 1 N–H and O–H groups in total. The molecule has 16 heavy (non-hydrogen) atoms. The lowest BCUT2D eigenvalue weighted by Gasteiger charge is -2.15. The van der Waals surface area contributed by atoms with E-state index in [1.807, 2.05) is 6.92 Å². The highest BCUT2D eigenvalue weighted by Gasteiger charge is 2.28. The summed E-state index contributed by atoms with van der Waals surface area (Å²) in [5.74, 6) is -1.14. The van der Waals surface area contributed by atoms with Gasteiger partial charge in [-0.1, -0.05) is 13.3 Å². The van der Waals surface area contributed by atoms with Crippen LogP contribution in [0, 0.1) is 0 Å². The monoisotopic (exact) mass is 231 g/mol. The molecule has 0 aromatic carbocycles. The third-order valence-corrected chi connectivity index (χ3v) is 1.92. The molecule has 0 fully saturated rings. The van der Waals surface area contributed by atoms with E-state index >= 15 is 0 Å². The Kier molecular flexibility index (Phi) is 8.52. The molecule has 0 heterocycles. The summed E-state index contributed by atoms with van der Waals surface area (Å²) in [7, 11) is 0. The van der Waals surface area contributed by atoms with Gasteiger partial charge in [0.2, 0.25) is 6.04 Å². The maximum absolute atomic E-state index is 11.5. The number of unbranched alkanes of at least 4 members (excludes halogenated alkanes) is 1. The summed E-state index contributed by atoms with van der Waals surface area (Å²) in [6.45, 7) is 6.54. The summed E-state index contributed by atoms with van der Waals surface area (Å²) < 4.78 is 9.60. The van der Waals surface area contributed by atoms with Gasteiger partial charge in [-0.3, -0.25) is 5.32 Å². The molecule has 0 aliphatic carbocycles. The minimum absolute atomic E-state index is 0.254. The van der Waals surface area contributed by atoms with E-state index in [-0.39, 0.29) is 13.2 Å². The number of carbonyl (C=O) groups is 2. The normalized spacial score (nSPS) is 10.2. The van der Waals surface area contributed by atoms with Gasteiger partial charge in [-0.15, -0.1) is 0 Å². The molecule has 5 heteroatoms. The molecule has 0 amide bonds. The van der Waals surface area contributed by atoms with Gasteiger partial charge in [0.25, 0.3) is 0 Å². The van der Waals surface area contributed by atoms with E-state index in [1.165, 1.54) is 0 Å². The van der Waals surface area contributed by atoms with Gasteiger partial charge in [-0.05, 0) is 26.8 Å². The predicted octanol–water partition coefficient (Wildman–Crippen LogP) is 0.871. The van der Waals surface area contributed by atoms with Crippen LogP contribution in [0.2, 0.25) is 0 Å². The molecule has 0 aromatic heterocycles. The average Bonchev–Trinajstić information content (AvgIpc) is 2.25. The van der Waals surface area contributed by atoms with Crippen molar-refractivity contribution in [3.8, 4) is 0 Å². The van der Waals surface area contributed by atoms with Crippen LogP contribution in [0.5, 0.6) is 0 Å². The first kappa shape index (κ1) is 14.9. The second kappa shape index (κ2) is 9.15. The number of hydrogen-bond acceptors (Lipinski definition) is 5. The van der Waals surface area contributed by atoms with Crippen molar-refractivity contribution >= 4 is 11.9 Å². The molecule has 0 saturated carbocycles. The molecule has 0 saturated heterocycles. The first-order valence-corrected chi connectivity index (χ1v) is 5.73. The van der Waals surface area contributed by atoms with Gasteiger partial charge in [0, 0.05) is 0 Å². The third-order valence-electron chi connectivity index (χ3n) is 1.92. The number of hydrogen-bond donors (Lipinski definition) is 1. The van der Waals surface area contributed by atoms with E-state index in [4.69, 9.17) is 9.47 Å². The van der Waals surface area contributed by atoms with Gasteiger partial charge in [0.05, 0.1) is 13.2 Å². The molecular weight excluding hydrogens is 210 g/mol. The zero-order chi connectivity index (χ0) is 12.4. The molecule has 0 spiro atoms. The smallest absolute Gasteiger partial charge is 0.334 e. The van der Waals surface area contributed by atoms with Crippen molar-refractivity contribution in [1.82, 2.24) is 5.32 Å². The van der Waals surface area contributed by atoms with Crippen LogP contribution in [0.1, 0.15) is 33.6 Å². The van der Waals surface area contributed by atoms with Crippen LogP contribution >= 0.6 is 0 Å². The van der Waals surface area contributed by atoms with E-state index in [2.05, 4.69) is 5.32 Å². The van der Waals surface area contributed by atoms with Crippen molar-refractivity contribution in [3.05, 3.63) is 0 Å². The molecule has 5 nitrogen and oxygen atoms in total. The quantitative estimate of drug-likeness (QED) is 0.381. The topological polar surface area (TPSA) is 64.6 Å². The standard InChI is InChI=1S/C11H21NO4/c1-4-7-8-12-9(10(13)15-5-2)11(14)16-6-3/h9,12H,4-8H2,1-3H3. The van der Waals surface area contributed by atoms with Gasteiger partial charge >= 0.3 is 11.9 Å². The van der Waals surface area contributed by atoms with E-state index in [1.54, 1.807) is 13.8 Å². The summed E-state index contributed by atoms with van der Waals surface area (Å²) in [5, 5.41) is 2.84. The van der Waals surface area contributed by atoms with Crippen molar-refractivity contribution < 1.29 is 19.1 Å². The summed E-state index contributed by atoms with van der Waals surface area (Å²) in [5.41, 5.74) is 0. The van der Waals surface area contributed by atoms with Crippen molar-refractivity contribution in [2.45, 2.75) is 39.7 Å². The van der Waals surface area contributed by atoms with Crippen LogP contribution in [-0.2, 0) is 19.1 Å². The Labute approximate surface area is 96.5 Å². The predicted molar refractivity (Wildman–Crippen MR) is 60.0 cm³/mol. The summed E-state index contributed by atoms with van der Waals surface area (Å²) in [6.07, 6.45) is 1.89. The molecule has 0 aliphatic rings. The Hall–Kier alpha value is -1.10. The maximum Gasteiger partial charge on any atom is 0.334 e. The molecule has 0 aliphatic heterocycles. The number of esters is 2. The fourth-order valence-electron chi connectivity index (χ4n) is 1.14. The minimum Gasteiger partial charge on any atom is -0.464 e. The van der Waals surface area contributed by atoms with E-state index in [0.717, 1.165) is 12.8 Å². The van der Waals surface area contributed by atoms with Gasteiger partial charge in [-0.25, -0.2) is 9.59 Å². The van der Waals surface area contributed by atoms with Crippen molar-refractivity contribution in [2.24, 2.45) is 0 Å². The molecule has 0 radical (unpaired) electrons. The summed E-state index contributed by atoms with van der Waals surface area (Å²) in [4.78, 5) is 22.9. The maximum atomic E-state index is 11.5. The zero-order valence-electron chi connectivity index (χ0n) is 10.2. The van der Waals surface area contributed by atoms with Crippen LogP contribution in [0.15, 0.2) is 0 Å². The number of carbonyl (C=O) groups excluding carboxylic acids is 2. The molecule has 0 rings (SSSR count). The van der Waals surface area contributed by atoms with E-state index < -0.39 is 18.0 Å². The number of ether oxygens (including phenoxy) is 2. The highest BCUT2D eigenvalue weighted by molar-refractivity contribution is 5.99. The van der Waals surface area contributed by atoms with Crippen LogP contribution < -0.4 is 5.32 Å². The Bertz CT molecular complexity index is 200. The molecule has 0 aromatic rings. The lowest BCUT2D eigenvalue weighted by atomic mass is 10.2. The van der Waals surface area contributed by atoms with Crippen LogP contribution in [-0.4, -0.2) is 37.7 Å². The van der Waals surface area contributed by atoms with Gasteiger partial charge < -0.3 is 9.47 Å². The second-order valence-corrected chi connectivity index (χ2v) is 3.24. The molecule has 94 valence electrons. The Morgan fingerprint density at radius 2 is 1.56 bits per heavy atom. The highest BCUT2D eigenvalue weighted by Crippen LogP contribution is 1.95. The molecule has 0 bridgehead atoms. The molecule has 0 atom stereocenters. The van der Waals surface area contributed by atoms with Crippen LogP contribution in [0.4, 0.5) is 0 Å². The summed E-state index contributed by atoms with van der Waals surface area (Å²) in [6, 6.07) is -0.994. The van der Waals surface area contributed by atoms with Crippen molar-refractivity contribution in [1.29, 1.82) is 0 Å². The number of rotatable bonds is 8. The molecular formula is C11H21NO4. The Morgan fingerprint density at radius 1 is 1.06 bits per heavy atom. The fourth-order valence-corrected chi connectivity index (χ4v) is 1.14. The molecule has 0 unspecified atom stereocenters. The first-order valence-electron chi connectivity index (χ1n) is 5.73. The largest absolute Gasteiger partial charge is 0.464 e. The van der Waals surface area contributed by atoms with Crippen molar-refractivity contribution in [3.63, 3.8) is 0 Å². The summed E-state index contributed by atoms with van der Waals surface area (Å²) >= 11 is 0. The number of nitrogens with one attached hydrogen (secondary N) is 1.